The van der Waals surface area contributed by atoms with Crippen LogP contribution in [0.2, 0.25) is 6.04 Å². The molecule has 0 heterocycles. The van der Waals surface area contributed by atoms with Crippen molar-refractivity contribution in [2.24, 2.45) is 0 Å². The van der Waals surface area contributed by atoms with Crippen molar-refractivity contribution in [1.82, 2.24) is 0 Å². The molecular formula is C17H37FO3Si. The monoisotopic (exact) mass is 336 g/mol. The van der Waals surface area contributed by atoms with Gasteiger partial charge in [-0.1, -0.05) is 46.5 Å². The van der Waals surface area contributed by atoms with Gasteiger partial charge in [-0.2, -0.15) is 0 Å². The molecule has 0 radical (unpaired) electrons. The molecule has 0 saturated carbocycles. The summed E-state index contributed by atoms with van der Waals surface area (Å²) in [4.78, 5) is 0. The second kappa shape index (κ2) is 15.9. The Labute approximate surface area is 138 Å². The Morgan fingerprint density at radius 2 is 1.05 bits per heavy atom. The van der Waals surface area contributed by atoms with E-state index >= 15 is 0 Å². The molecule has 0 N–H and O–H groups in total. The van der Waals surface area contributed by atoms with Crippen LogP contribution in [-0.4, -0.2) is 35.3 Å². The Morgan fingerprint density at radius 1 is 0.636 bits per heavy atom. The SMILES string of the molecule is CCCO[Si](CCCCCCCCF)(OCCC)OCCC. The third-order valence-electron chi connectivity index (χ3n) is 3.44. The summed E-state index contributed by atoms with van der Waals surface area (Å²) in [6, 6.07) is 0.913. The number of unbranched alkanes of at least 4 members (excludes halogenated alkanes) is 5. The first-order valence-electron chi connectivity index (χ1n) is 9.22. The molecule has 0 aliphatic rings. The highest BCUT2D eigenvalue weighted by molar-refractivity contribution is 6.60. The molecule has 0 spiro atoms. The predicted molar refractivity (Wildman–Crippen MR) is 93.0 cm³/mol. The van der Waals surface area contributed by atoms with Gasteiger partial charge in [-0.3, -0.25) is 4.39 Å². The van der Waals surface area contributed by atoms with Gasteiger partial charge < -0.3 is 13.3 Å². The Kier molecular flexibility index (Phi) is 15.9. The number of rotatable bonds is 17. The maximum Gasteiger partial charge on any atom is 0.500 e. The summed E-state index contributed by atoms with van der Waals surface area (Å²) < 4.78 is 30.3. The zero-order valence-corrected chi connectivity index (χ0v) is 16.0. The third kappa shape index (κ3) is 11.6. The molecular weight excluding hydrogens is 299 g/mol. The van der Waals surface area contributed by atoms with Crippen LogP contribution >= 0.6 is 0 Å². The van der Waals surface area contributed by atoms with Crippen molar-refractivity contribution in [3.63, 3.8) is 0 Å². The quantitative estimate of drug-likeness (QED) is 0.259. The van der Waals surface area contributed by atoms with Crippen LogP contribution in [0.5, 0.6) is 0 Å². The summed E-state index contributed by atoms with van der Waals surface area (Å²) in [5.74, 6) is 0. The molecule has 0 unspecified atom stereocenters. The molecule has 0 saturated heterocycles. The molecule has 0 aromatic rings. The van der Waals surface area contributed by atoms with Crippen molar-refractivity contribution in [2.75, 3.05) is 26.5 Å². The van der Waals surface area contributed by atoms with E-state index in [4.69, 9.17) is 13.3 Å². The van der Waals surface area contributed by atoms with E-state index in [1.807, 2.05) is 0 Å². The smallest absolute Gasteiger partial charge is 0.373 e. The maximum atomic E-state index is 12.0. The molecule has 0 aromatic carbocycles. The number of halogens is 1. The molecule has 134 valence electrons. The Balaban J connectivity index is 4.21. The first-order valence-corrected chi connectivity index (χ1v) is 11.2. The molecule has 0 rings (SSSR count). The minimum atomic E-state index is -2.49. The van der Waals surface area contributed by atoms with Crippen molar-refractivity contribution < 1.29 is 17.7 Å². The molecule has 0 aromatic heterocycles. The largest absolute Gasteiger partial charge is 0.500 e. The fraction of sp³-hybridized carbons (Fsp3) is 1.00. The van der Waals surface area contributed by atoms with E-state index in [0.29, 0.717) is 6.42 Å². The molecule has 5 heteroatoms. The van der Waals surface area contributed by atoms with Crippen molar-refractivity contribution in [3.05, 3.63) is 0 Å². The normalized spacial score (nSPS) is 12.0. The van der Waals surface area contributed by atoms with E-state index in [0.717, 1.165) is 70.8 Å². The molecule has 0 aliphatic carbocycles. The van der Waals surface area contributed by atoms with Gasteiger partial charge >= 0.3 is 8.80 Å². The van der Waals surface area contributed by atoms with Gasteiger partial charge in [-0.15, -0.1) is 0 Å². The lowest BCUT2D eigenvalue weighted by atomic mass is 10.1. The second-order valence-electron chi connectivity index (χ2n) is 5.79. The van der Waals surface area contributed by atoms with Gasteiger partial charge in [0.1, 0.15) is 0 Å². The van der Waals surface area contributed by atoms with E-state index in [2.05, 4.69) is 20.8 Å². The van der Waals surface area contributed by atoms with Crippen LogP contribution in [-0.2, 0) is 13.3 Å². The van der Waals surface area contributed by atoms with Crippen LogP contribution < -0.4 is 0 Å². The van der Waals surface area contributed by atoms with E-state index in [1.165, 1.54) is 6.42 Å². The highest BCUT2D eigenvalue weighted by Gasteiger charge is 2.40. The zero-order valence-electron chi connectivity index (χ0n) is 15.0. The Morgan fingerprint density at radius 3 is 1.45 bits per heavy atom. The molecule has 0 bridgehead atoms. The summed E-state index contributed by atoms with van der Waals surface area (Å²) in [5, 5.41) is 0. The highest BCUT2D eigenvalue weighted by Crippen LogP contribution is 2.21. The first kappa shape index (κ1) is 22.0. The molecule has 0 atom stereocenters. The number of alkyl halides is 1. The van der Waals surface area contributed by atoms with Gasteiger partial charge in [0.25, 0.3) is 0 Å². The molecule has 0 amide bonds. The maximum absolute atomic E-state index is 12.0. The summed E-state index contributed by atoms with van der Waals surface area (Å²) in [5.41, 5.74) is 0. The van der Waals surface area contributed by atoms with Crippen LogP contribution in [0.15, 0.2) is 0 Å². The summed E-state index contributed by atoms with van der Waals surface area (Å²) in [6.45, 7) is 8.32. The lowest BCUT2D eigenvalue weighted by Gasteiger charge is -2.29. The second-order valence-corrected chi connectivity index (χ2v) is 8.52. The molecule has 0 aliphatic heterocycles. The van der Waals surface area contributed by atoms with E-state index < -0.39 is 8.80 Å². The number of hydrogen-bond donors (Lipinski definition) is 0. The van der Waals surface area contributed by atoms with Gasteiger partial charge in [0.05, 0.1) is 6.67 Å². The van der Waals surface area contributed by atoms with Crippen LogP contribution in [0, 0.1) is 0 Å². The van der Waals surface area contributed by atoms with E-state index in [9.17, 15) is 4.39 Å². The molecule has 0 fully saturated rings. The van der Waals surface area contributed by atoms with Crippen LogP contribution in [0.1, 0.15) is 78.6 Å². The van der Waals surface area contributed by atoms with Gasteiger partial charge in [0, 0.05) is 25.9 Å². The van der Waals surface area contributed by atoms with Gasteiger partial charge in [0.15, 0.2) is 0 Å². The topological polar surface area (TPSA) is 27.7 Å². The lowest BCUT2D eigenvalue weighted by Crippen LogP contribution is -2.46. The van der Waals surface area contributed by atoms with Crippen LogP contribution in [0.25, 0.3) is 0 Å². The Hall–Kier alpha value is 0.0269. The summed E-state index contributed by atoms with van der Waals surface area (Å²) in [7, 11) is -2.49. The Bertz CT molecular complexity index is 208. The summed E-state index contributed by atoms with van der Waals surface area (Å²) >= 11 is 0. The van der Waals surface area contributed by atoms with E-state index in [1.54, 1.807) is 0 Å². The zero-order chi connectivity index (χ0) is 16.5. The molecule has 3 nitrogen and oxygen atoms in total. The summed E-state index contributed by atoms with van der Waals surface area (Å²) in [6.07, 6.45) is 9.21. The van der Waals surface area contributed by atoms with Gasteiger partial charge in [0.2, 0.25) is 0 Å². The average Bonchev–Trinajstić information content (AvgIpc) is 2.55. The molecule has 22 heavy (non-hydrogen) atoms. The lowest BCUT2D eigenvalue weighted by molar-refractivity contribution is 0.0586. The third-order valence-corrected chi connectivity index (χ3v) is 6.34. The van der Waals surface area contributed by atoms with Gasteiger partial charge in [-0.05, 0) is 32.1 Å². The highest BCUT2D eigenvalue weighted by atomic mass is 28.4. The first-order chi connectivity index (χ1) is 10.7. The predicted octanol–water partition coefficient (Wildman–Crippen LogP) is 5.52. The van der Waals surface area contributed by atoms with Crippen LogP contribution in [0.3, 0.4) is 0 Å². The van der Waals surface area contributed by atoms with Crippen molar-refractivity contribution in [3.8, 4) is 0 Å². The fourth-order valence-electron chi connectivity index (χ4n) is 2.26. The average molecular weight is 337 g/mol. The van der Waals surface area contributed by atoms with Gasteiger partial charge in [-0.25, -0.2) is 0 Å². The fourth-order valence-corrected chi connectivity index (χ4v) is 5.17. The minimum Gasteiger partial charge on any atom is -0.373 e. The van der Waals surface area contributed by atoms with Crippen molar-refractivity contribution >= 4 is 8.80 Å². The van der Waals surface area contributed by atoms with Crippen molar-refractivity contribution in [1.29, 1.82) is 0 Å². The van der Waals surface area contributed by atoms with E-state index in [-0.39, 0.29) is 6.67 Å². The van der Waals surface area contributed by atoms with Crippen LogP contribution in [0.4, 0.5) is 4.39 Å². The van der Waals surface area contributed by atoms with Crippen molar-refractivity contribution in [2.45, 2.75) is 84.6 Å². The standard InChI is InChI=1S/C17H37FO3Si/c1-4-14-19-22(20-15-5-2,21-16-6-3)17-12-10-8-7-9-11-13-18/h4-17H2,1-3H3. The minimum absolute atomic E-state index is 0.184. The number of hydrogen-bond acceptors (Lipinski definition) is 3.